The SMILES string of the molecule is C=C(C)[C@@H]1CC[C@]2(CC(=O)N3CCN(C(=O)NCCOC)CC3)CC[C@]3(C)[C@H](CC[C@@H]4[C@@]5(C)CC[C@H](OC(=O)CC(C)(C)C(=O)O)C(C)(C)[C@@H]5CC[C@]43C)[C@@H]12. The van der Waals surface area contributed by atoms with Crippen LogP contribution in [0.2, 0.25) is 0 Å². The molecule has 55 heavy (non-hydrogen) atoms. The molecule has 0 spiro atoms. The Morgan fingerprint density at radius 2 is 1.51 bits per heavy atom. The van der Waals surface area contributed by atoms with E-state index in [1.165, 1.54) is 18.4 Å². The molecule has 0 radical (unpaired) electrons. The standard InChI is InChI=1S/C45H73N3O7/c1-29(2)30-13-18-45(27-35(49)47-22-24-48(25-23-47)39(53)46-21-26-54-10)20-19-43(8)31(37(30)45)11-12-33-42(7)16-15-34(55-36(50)28-40(3,4)38(51)52)41(5,6)32(42)14-17-44(33,43)9/h30-34,37H,1,11-28H2,2-10H3,(H,46,53)(H,51,52)/t30-,31+,32-,33+,34-,37+,42-,43+,44+,45+/m0/s1. The van der Waals surface area contributed by atoms with E-state index in [-0.39, 0.29) is 51.5 Å². The van der Waals surface area contributed by atoms with Crippen molar-refractivity contribution >= 4 is 23.9 Å². The van der Waals surface area contributed by atoms with Gasteiger partial charge in [-0.15, -0.1) is 0 Å². The first-order valence-corrected chi connectivity index (χ1v) is 21.5. The van der Waals surface area contributed by atoms with Crippen LogP contribution in [-0.2, 0) is 23.9 Å². The summed E-state index contributed by atoms with van der Waals surface area (Å²) in [7, 11) is 1.62. The smallest absolute Gasteiger partial charge is 0.317 e. The predicted molar refractivity (Wildman–Crippen MR) is 213 cm³/mol. The molecule has 0 aromatic heterocycles. The molecule has 10 heteroatoms. The van der Waals surface area contributed by atoms with E-state index in [0.29, 0.717) is 75.3 Å². The Morgan fingerprint density at radius 3 is 2.15 bits per heavy atom. The van der Waals surface area contributed by atoms with Crippen molar-refractivity contribution in [2.24, 2.45) is 62.1 Å². The van der Waals surface area contributed by atoms with Crippen LogP contribution in [0.25, 0.3) is 0 Å². The number of hydrogen-bond donors (Lipinski definition) is 2. The molecule has 1 heterocycles. The number of nitrogens with one attached hydrogen (secondary N) is 1. The molecule has 6 rings (SSSR count). The highest BCUT2D eigenvalue weighted by Gasteiger charge is 2.71. The molecule has 5 aliphatic carbocycles. The summed E-state index contributed by atoms with van der Waals surface area (Å²) < 4.78 is 11.3. The van der Waals surface area contributed by atoms with Gasteiger partial charge in [-0.1, -0.05) is 46.8 Å². The largest absolute Gasteiger partial charge is 0.481 e. The molecule has 1 aliphatic heterocycles. The maximum absolute atomic E-state index is 14.3. The third-order valence-corrected chi connectivity index (χ3v) is 17.6. The summed E-state index contributed by atoms with van der Waals surface area (Å²) in [5, 5.41) is 12.5. The lowest BCUT2D eigenvalue weighted by molar-refractivity contribution is -0.250. The molecule has 0 bridgehead atoms. The molecule has 3 amide bonds. The number of aliphatic carboxylic acids is 1. The second-order valence-electron chi connectivity index (χ2n) is 21.0. The second kappa shape index (κ2) is 15.0. The molecule has 0 aromatic rings. The van der Waals surface area contributed by atoms with Gasteiger partial charge in [0.15, 0.2) is 0 Å². The van der Waals surface area contributed by atoms with Crippen LogP contribution >= 0.6 is 0 Å². The van der Waals surface area contributed by atoms with E-state index in [4.69, 9.17) is 9.47 Å². The van der Waals surface area contributed by atoms with Crippen LogP contribution in [0.1, 0.15) is 132 Å². The Morgan fingerprint density at radius 1 is 0.836 bits per heavy atom. The van der Waals surface area contributed by atoms with Crippen molar-refractivity contribution < 1.29 is 33.8 Å². The van der Waals surface area contributed by atoms with E-state index in [9.17, 15) is 24.3 Å². The van der Waals surface area contributed by atoms with Crippen molar-refractivity contribution in [3.05, 3.63) is 12.2 Å². The summed E-state index contributed by atoms with van der Waals surface area (Å²) in [6.45, 7) is 25.6. The van der Waals surface area contributed by atoms with E-state index >= 15 is 0 Å². The summed E-state index contributed by atoms with van der Waals surface area (Å²) in [5.41, 5.74) is 0.320. The third kappa shape index (κ3) is 7.04. The van der Waals surface area contributed by atoms with Gasteiger partial charge in [0.25, 0.3) is 0 Å². The van der Waals surface area contributed by atoms with Gasteiger partial charge in [-0.25, -0.2) is 4.79 Å². The second-order valence-corrected chi connectivity index (χ2v) is 21.0. The highest BCUT2D eigenvalue weighted by atomic mass is 16.5. The number of rotatable bonds is 10. The molecule has 1 saturated heterocycles. The van der Waals surface area contributed by atoms with E-state index < -0.39 is 17.4 Å². The zero-order chi connectivity index (χ0) is 40.4. The monoisotopic (exact) mass is 768 g/mol. The Balaban J connectivity index is 1.18. The Hall–Kier alpha value is -2.62. The number of hydrogen-bond acceptors (Lipinski definition) is 6. The number of allylic oxidation sites excluding steroid dienone is 1. The summed E-state index contributed by atoms with van der Waals surface area (Å²) >= 11 is 0. The Kier molecular flexibility index (Phi) is 11.4. The first kappa shape index (κ1) is 42.0. The fraction of sp³-hybridized carbons (Fsp3) is 0.867. The summed E-state index contributed by atoms with van der Waals surface area (Å²) in [4.78, 5) is 55.6. The summed E-state index contributed by atoms with van der Waals surface area (Å²) in [5.74, 6) is 1.26. The van der Waals surface area contributed by atoms with Crippen molar-refractivity contribution in [2.75, 3.05) is 46.4 Å². The highest BCUT2D eigenvalue weighted by Crippen LogP contribution is 2.78. The number of amides is 3. The molecule has 6 aliphatic rings. The zero-order valence-electron chi connectivity index (χ0n) is 35.7. The number of carbonyl (C=O) groups excluding carboxylic acids is 3. The van der Waals surface area contributed by atoms with Crippen LogP contribution in [0.5, 0.6) is 0 Å². The lowest BCUT2D eigenvalue weighted by Crippen LogP contribution is -2.67. The molecular formula is C45H73N3O7. The van der Waals surface area contributed by atoms with Crippen LogP contribution < -0.4 is 5.32 Å². The van der Waals surface area contributed by atoms with Crippen LogP contribution in [0.3, 0.4) is 0 Å². The van der Waals surface area contributed by atoms with Gasteiger partial charge in [0.1, 0.15) is 6.10 Å². The molecular weight excluding hydrogens is 695 g/mol. The van der Waals surface area contributed by atoms with E-state index in [1.54, 1.807) is 21.0 Å². The molecule has 10 nitrogen and oxygen atoms in total. The van der Waals surface area contributed by atoms with Gasteiger partial charge in [-0.3, -0.25) is 14.4 Å². The average molecular weight is 768 g/mol. The van der Waals surface area contributed by atoms with Crippen molar-refractivity contribution in [3.8, 4) is 0 Å². The molecule has 310 valence electrons. The van der Waals surface area contributed by atoms with E-state index in [1.807, 2.05) is 9.80 Å². The molecule has 0 aromatic carbocycles. The van der Waals surface area contributed by atoms with Gasteiger partial charge < -0.3 is 29.7 Å². The van der Waals surface area contributed by atoms with Crippen LogP contribution in [0.15, 0.2) is 12.2 Å². The van der Waals surface area contributed by atoms with Gasteiger partial charge in [-0.05, 0) is 136 Å². The van der Waals surface area contributed by atoms with Crippen molar-refractivity contribution in [1.82, 2.24) is 15.1 Å². The number of piperazine rings is 1. The van der Waals surface area contributed by atoms with Crippen LogP contribution in [0.4, 0.5) is 4.79 Å². The number of carbonyl (C=O) groups is 4. The Bertz CT molecular complexity index is 1520. The number of ether oxygens (including phenoxy) is 2. The van der Waals surface area contributed by atoms with Crippen molar-refractivity contribution in [2.45, 2.75) is 139 Å². The first-order valence-electron chi connectivity index (χ1n) is 21.5. The molecule has 0 unspecified atom stereocenters. The van der Waals surface area contributed by atoms with Crippen molar-refractivity contribution in [1.29, 1.82) is 0 Å². The van der Waals surface area contributed by atoms with Gasteiger partial charge in [0.05, 0.1) is 18.4 Å². The number of carboxylic acid groups (broad SMARTS) is 1. The number of urea groups is 1. The average Bonchev–Trinajstić information content (AvgIpc) is 3.49. The zero-order valence-corrected chi connectivity index (χ0v) is 35.7. The highest BCUT2D eigenvalue weighted by molar-refractivity contribution is 5.81. The predicted octanol–water partition coefficient (Wildman–Crippen LogP) is 7.95. The molecule has 2 N–H and O–H groups in total. The Labute approximate surface area is 331 Å². The summed E-state index contributed by atoms with van der Waals surface area (Å²) in [6, 6.07) is -0.0846. The maximum atomic E-state index is 14.3. The number of esters is 1. The first-order chi connectivity index (χ1) is 25.7. The third-order valence-electron chi connectivity index (χ3n) is 17.6. The number of carboxylic acids is 1. The minimum atomic E-state index is -1.16. The quantitative estimate of drug-likeness (QED) is 0.131. The minimum Gasteiger partial charge on any atom is -0.481 e. The van der Waals surface area contributed by atoms with Crippen LogP contribution in [-0.4, -0.2) is 91.3 Å². The summed E-state index contributed by atoms with van der Waals surface area (Å²) in [6.07, 6.45) is 11.2. The van der Waals surface area contributed by atoms with Gasteiger partial charge in [-0.2, -0.15) is 0 Å². The normalized spacial score (nSPS) is 39.5. The fourth-order valence-corrected chi connectivity index (χ4v) is 14.4. The number of nitrogens with zero attached hydrogens (tertiary/aromatic N) is 2. The van der Waals surface area contributed by atoms with Gasteiger partial charge in [0.2, 0.25) is 5.91 Å². The topological polar surface area (TPSA) is 125 Å². The van der Waals surface area contributed by atoms with Gasteiger partial charge in [0, 0.05) is 51.7 Å². The molecule has 10 atom stereocenters. The molecule has 5 saturated carbocycles. The molecule has 6 fully saturated rings. The van der Waals surface area contributed by atoms with Crippen LogP contribution in [0, 0.1) is 62.1 Å². The van der Waals surface area contributed by atoms with Gasteiger partial charge >= 0.3 is 18.0 Å². The minimum absolute atomic E-state index is 0.0109. The fourth-order valence-electron chi connectivity index (χ4n) is 14.4. The van der Waals surface area contributed by atoms with E-state index in [0.717, 1.165) is 51.4 Å². The lowest BCUT2D eigenvalue weighted by Gasteiger charge is -2.73. The number of fused-ring (bicyclic) bond motifs is 7. The maximum Gasteiger partial charge on any atom is 0.317 e. The van der Waals surface area contributed by atoms with E-state index in [2.05, 4.69) is 53.4 Å². The lowest BCUT2D eigenvalue weighted by atomic mass is 9.32. The number of methoxy groups -OCH3 is 1. The van der Waals surface area contributed by atoms with Crippen molar-refractivity contribution in [3.63, 3.8) is 0 Å².